The number of carboxylic acids is 2. The molecule has 1 fully saturated rings. The van der Waals surface area contributed by atoms with E-state index in [1.54, 1.807) is 48.5 Å². The number of carbonyl (C=O) groups is 2. The summed E-state index contributed by atoms with van der Waals surface area (Å²) >= 11 is 7.40. The third kappa shape index (κ3) is 20.9. The van der Waals surface area contributed by atoms with E-state index >= 15 is 0 Å². The van der Waals surface area contributed by atoms with Crippen LogP contribution in [0.5, 0.6) is 0 Å². The minimum atomic E-state index is -0.866. The fourth-order valence-corrected chi connectivity index (χ4v) is 10.7. The molecule has 2 aliphatic rings. The topological polar surface area (TPSA) is 119 Å². The van der Waals surface area contributed by atoms with Gasteiger partial charge in [-0.15, -0.1) is 7.55 Å². The summed E-state index contributed by atoms with van der Waals surface area (Å²) < 4.78 is 0. The third-order valence-corrected chi connectivity index (χ3v) is 13.4. The maximum absolute atomic E-state index is 10.1. The molecule has 1 saturated carbocycles. The number of hydrogen-bond acceptors (Lipinski definition) is 4. The molecule has 61 heavy (non-hydrogen) atoms. The van der Waals surface area contributed by atoms with E-state index < -0.39 is 27.0 Å². The second kappa shape index (κ2) is 34.3. The molecule has 0 atom stereocenters. The van der Waals surface area contributed by atoms with Gasteiger partial charge in [-0.1, -0.05) is 189 Å². The molecular weight excluding hydrogens is 965 g/mol. The predicted molar refractivity (Wildman–Crippen MR) is 256 cm³/mol. The molecule has 6 nitrogen and oxygen atoms in total. The van der Waals surface area contributed by atoms with Crippen LogP contribution >= 0.6 is 39.5 Å². The standard InChI is InChI=1S/2C17H15P.2C6H5O2.2CNS.2Fe.Ni/c2*1-3-9-15(10-4-1)18(17-13-7-8-14-17)16-11-5-2-6-12-16;2*7-6(8)5-3-1-2-4-5;2*2-1-3;;;/h2*1-14,18H;2*1-4H,(H,7,8);;;;;/q;-4;4*-1;;;+2. The molecule has 0 aromatic heterocycles. The number of benzene rings is 4. The van der Waals surface area contributed by atoms with Gasteiger partial charge in [0.15, 0.2) is 0 Å². The number of hydrogen-bond donors (Lipinski definition) is 2. The van der Waals surface area contributed by atoms with Gasteiger partial charge in [0, 0.05) is 34.1 Å². The van der Waals surface area contributed by atoms with Crippen LogP contribution in [0.1, 0.15) is 20.7 Å². The quantitative estimate of drug-likeness (QED) is 0.0565. The molecule has 0 unspecified atom stereocenters. The normalized spacial score (nSPS) is 11.1. The van der Waals surface area contributed by atoms with Crippen LogP contribution in [0, 0.1) is 25.7 Å². The molecule has 0 aliphatic heterocycles. The van der Waals surface area contributed by atoms with Crippen molar-refractivity contribution in [1.29, 1.82) is 0 Å². The fraction of sp³-hybridized carbons (Fsp3) is 0. The number of carboxylic acid groups (broad SMARTS) is 2. The maximum Gasteiger partial charge on any atom is 2.00 e. The van der Waals surface area contributed by atoms with Crippen LogP contribution in [0.25, 0.3) is 10.8 Å². The number of rotatable bonds is 6. The van der Waals surface area contributed by atoms with Gasteiger partial charge in [-0.3, -0.25) is 9.59 Å². The zero-order chi connectivity index (χ0) is 41.8. The molecule has 0 spiro atoms. The molecule has 320 valence electrons. The van der Waals surface area contributed by atoms with Gasteiger partial charge in [0.25, 0.3) is 11.9 Å². The van der Waals surface area contributed by atoms with Gasteiger partial charge in [0.2, 0.25) is 0 Å². The van der Waals surface area contributed by atoms with Gasteiger partial charge in [0.05, 0.1) is 0 Å². The average Bonchev–Trinajstić information content (AvgIpc) is 4.11. The van der Waals surface area contributed by atoms with Crippen LogP contribution in [0.2, 0.25) is 0 Å². The van der Waals surface area contributed by atoms with E-state index in [1.807, 2.05) is 0 Å². The van der Waals surface area contributed by atoms with Gasteiger partial charge < -0.3 is 52.0 Å². The van der Waals surface area contributed by atoms with Crippen LogP contribution in [0.15, 0.2) is 194 Å². The second-order valence-electron chi connectivity index (χ2n) is 11.7. The monoisotopic (exact) mass is 1000 g/mol. The van der Waals surface area contributed by atoms with Crippen molar-refractivity contribution in [1.82, 2.24) is 0 Å². The summed E-state index contributed by atoms with van der Waals surface area (Å²) in [5, 5.41) is 42.2. The first kappa shape index (κ1) is 56.7. The van der Waals surface area contributed by atoms with Crippen LogP contribution in [0.4, 0.5) is 0 Å². The van der Waals surface area contributed by atoms with E-state index in [0.29, 0.717) is 11.1 Å². The van der Waals surface area contributed by atoms with Crippen molar-refractivity contribution in [2.45, 2.75) is 0 Å². The molecule has 0 saturated heterocycles. The smallest absolute Gasteiger partial charge is 0.753 e. The molecule has 8 rings (SSSR count). The Morgan fingerprint density at radius 1 is 0.508 bits per heavy atom. The van der Waals surface area contributed by atoms with Crippen molar-refractivity contribution in [3.8, 4) is 0 Å². The van der Waals surface area contributed by atoms with Gasteiger partial charge in [0.1, 0.15) is 0 Å². The molecule has 13 heteroatoms. The van der Waals surface area contributed by atoms with E-state index in [1.165, 1.54) is 42.1 Å². The van der Waals surface area contributed by atoms with Gasteiger partial charge in [-0.05, 0) is 26.5 Å². The SMILES string of the molecule is C1=CC(=[PH](c2ccccc2)c2ccccc2)C=C1.O=C(O)[c-]1cccc1.O=C(O)[c-]1cccc1.[Fe].[Fe].[N-]=C=S.[N-]=C=S.[Ni+2].c1ccc([PH](=C2[CH-][CH-][CH-][CH-]2)c2ccccc2)cc1. The molecule has 2 N–H and O–H groups in total. The molecular formula is C48H40Fe2N2NiO4P2S2-6. The Morgan fingerprint density at radius 3 is 1.02 bits per heavy atom. The average molecular weight is 1010 g/mol. The van der Waals surface area contributed by atoms with Crippen molar-refractivity contribution < 1.29 is 70.4 Å². The summed E-state index contributed by atoms with van der Waals surface area (Å²) in [7, 11) is -1.67. The third-order valence-electron chi connectivity index (χ3n) is 7.97. The van der Waals surface area contributed by atoms with E-state index in [4.69, 9.17) is 21.0 Å². The van der Waals surface area contributed by atoms with E-state index in [9.17, 15) is 9.59 Å². The number of nitrogens with zero attached hydrogens (tertiary/aromatic N) is 2. The van der Waals surface area contributed by atoms with Crippen LogP contribution < -0.4 is 21.2 Å². The van der Waals surface area contributed by atoms with Crippen LogP contribution in [-0.4, -0.2) is 43.1 Å². The molecule has 6 aromatic carbocycles. The first-order valence-corrected chi connectivity index (χ1v) is 21.5. The Kier molecular flexibility index (Phi) is 31.9. The summed E-state index contributed by atoms with van der Waals surface area (Å²) in [6, 6.07) is 56.4. The second-order valence-corrected chi connectivity index (χ2v) is 17.0. The van der Waals surface area contributed by atoms with Crippen molar-refractivity contribution in [3.05, 3.63) is 242 Å². The summed E-state index contributed by atoms with van der Waals surface area (Å²) in [6.45, 7) is 0. The molecule has 6 aromatic rings. The Balaban J connectivity index is 0.000000781. The van der Waals surface area contributed by atoms with Gasteiger partial charge in [-0.25, -0.2) is 24.3 Å². The maximum atomic E-state index is 10.1. The largest absolute Gasteiger partial charge is 2.00 e. The fourth-order valence-electron chi connectivity index (χ4n) is 5.53. The van der Waals surface area contributed by atoms with Gasteiger partial charge >= 0.3 is 16.5 Å². The molecule has 0 bridgehead atoms. The van der Waals surface area contributed by atoms with E-state index in [-0.39, 0.29) is 50.6 Å². The zero-order valence-corrected chi connectivity index (χ0v) is 39.1. The molecule has 0 radical (unpaired) electrons. The van der Waals surface area contributed by atoms with Crippen LogP contribution in [0.3, 0.4) is 0 Å². The number of thiocarbonyl (C=S) groups is 2. The minimum absolute atomic E-state index is 0. The molecule has 0 heterocycles. The summed E-state index contributed by atoms with van der Waals surface area (Å²) in [4.78, 5) is 20.1. The van der Waals surface area contributed by atoms with Gasteiger partial charge in [-0.2, -0.15) is 34.6 Å². The first-order valence-electron chi connectivity index (χ1n) is 17.7. The zero-order valence-electron chi connectivity index (χ0n) is 32.2. The van der Waals surface area contributed by atoms with Crippen LogP contribution in [-0.2, 0) is 50.6 Å². The summed E-state index contributed by atoms with van der Waals surface area (Å²) in [5.41, 5.74) is 0.704. The predicted octanol–water partition coefficient (Wildman–Crippen LogP) is 9.52. The summed E-state index contributed by atoms with van der Waals surface area (Å²) in [6.07, 6.45) is 17.5. The first-order chi connectivity index (χ1) is 28.3. The Bertz CT molecular complexity index is 2170. The van der Waals surface area contributed by atoms with Crippen molar-refractivity contribution in [2.24, 2.45) is 0 Å². The Labute approximate surface area is 402 Å². The number of allylic oxidation sites excluding steroid dienone is 4. The molecule has 2 aliphatic carbocycles. The van der Waals surface area contributed by atoms with Crippen molar-refractivity contribution in [3.63, 3.8) is 0 Å². The Hall–Kier alpha value is -4.27. The minimum Gasteiger partial charge on any atom is -0.753 e. The van der Waals surface area contributed by atoms with E-state index in [0.717, 1.165) is 0 Å². The van der Waals surface area contributed by atoms with Crippen molar-refractivity contribution in [2.75, 3.05) is 0 Å². The number of isothiocyanates is 2. The summed E-state index contributed by atoms with van der Waals surface area (Å²) in [5.74, 6) is -1.73. The molecule has 0 amide bonds. The Morgan fingerprint density at radius 2 is 0.770 bits per heavy atom. The number of aromatic carboxylic acids is 2. The van der Waals surface area contributed by atoms with E-state index in [2.05, 4.69) is 196 Å². The van der Waals surface area contributed by atoms with Crippen molar-refractivity contribution >= 4 is 93.6 Å².